The Morgan fingerprint density at radius 2 is 1.69 bits per heavy atom. The third kappa shape index (κ3) is 2.17. The maximum Gasteiger partial charge on any atom is 0.127 e. The summed E-state index contributed by atoms with van der Waals surface area (Å²) < 4.78 is 5.86. The molecule has 0 aliphatic carbocycles. The van der Waals surface area contributed by atoms with Crippen molar-refractivity contribution in [2.24, 2.45) is 5.73 Å². The maximum atomic E-state index is 5.86. The van der Waals surface area contributed by atoms with Gasteiger partial charge >= 0.3 is 0 Å². The summed E-state index contributed by atoms with van der Waals surface area (Å²) in [5.74, 6) is 0.905. The Morgan fingerprint density at radius 1 is 1.00 bits per heavy atom. The molecule has 0 heterocycles. The summed E-state index contributed by atoms with van der Waals surface area (Å²) >= 11 is 0. The largest absolute Gasteiger partial charge is 0.488 e. The normalized spacial score (nSPS) is 14.7. The zero-order valence-electron chi connectivity index (χ0n) is 9.68. The van der Waals surface area contributed by atoms with Gasteiger partial charge in [-0.05, 0) is 25.3 Å². The molecule has 2 aromatic carbocycles. The molecule has 0 aromatic heterocycles. The topological polar surface area (TPSA) is 35.2 Å². The van der Waals surface area contributed by atoms with E-state index in [-0.39, 0.29) is 12.1 Å². The van der Waals surface area contributed by atoms with Crippen LogP contribution in [0.2, 0.25) is 0 Å². The lowest BCUT2D eigenvalue weighted by Gasteiger charge is -2.19. The first-order chi connectivity index (χ1) is 7.68. The molecular weight excluding hydrogens is 198 g/mol. The summed E-state index contributed by atoms with van der Waals surface area (Å²) in [6, 6.07) is 14.3. The molecule has 2 N–H and O–H groups in total. The minimum absolute atomic E-state index is 0.0193. The van der Waals surface area contributed by atoms with Gasteiger partial charge in [-0.2, -0.15) is 0 Å². The lowest BCUT2D eigenvalue weighted by molar-refractivity contribution is 0.199. The molecule has 0 saturated heterocycles. The first-order valence-electron chi connectivity index (χ1n) is 5.58. The number of rotatable bonds is 3. The number of hydrogen-bond acceptors (Lipinski definition) is 2. The van der Waals surface area contributed by atoms with Crippen molar-refractivity contribution in [1.82, 2.24) is 0 Å². The van der Waals surface area contributed by atoms with Crippen LogP contribution >= 0.6 is 0 Å². The molecule has 0 aliphatic heterocycles. The average Bonchev–Trinajstić information content (AvgIpc) is 2.29. The highest BCUT2D eigenvalue weighted by molar-refractivity contribution is 5.88. The Morgan fingerprint density at radius 3 is 2.44 bits per heavy atom. The van der Waals surface area contributed by atoms with Gasteiger partial charge in [-0.3, -0.25) is 0 Å². The van der Waals surface area contributed by atoms with Crippen LogP contribution in [0.5, 0.6) is 5.75 Å². The van der Waals surface area contributed by atoms with Crippen molar-refractivity contribution in [3.8, 4) is 5.75 Å². The lowest BCUT2D eigenvalue weighted by atomic mass is 10.1. The van der Waals surface area contributed by atoms with Crippen LogP contribution in [0.25, 0.3) is 10.8 Å². The molecule has 2 atom stereocenters. The Labute approximate surface area is 96.0 Å². The van der Waals surface area contributed by atoms with Crippen molar-refractivity contribution >= 4 is 10.8 Å². The van der Waals surface area contributed by atoms with Gasteiger partial charge in [-0.15, -0.1) is 0 Å². The molecule has 16 heavy (non-hydrogen) atoms. The van der Waals surface area contributed by atoms with Crippen LogP contribution in [0.15, 0.2) is 42.5 Å². The van der Waals surface area contributed by atoms with Gasteiger partial charge in [-0.25, -0.2) is 0 Å². The van der Waals surface area contributed by atoms with Gasteiger partial charge in [0.25, 0.3) is 0 Å². The fourth-order valence-electron chi connectivity index (χ4n) is 1.61. The molecular formula is C14H17NO. The first-order valence-corrected chi connectivity index (χ1v) is 5.58. The van der Waals surface area contributed by atoms with E-state index in [1.165, 1.54) is 5.39 Å². The summed E-state index contributed by atoms with van der Waals surface area (Å²) in [5, 5.41) is 2.33. The molecule has 2 aromatic rings. The molecule has 0 spiro atoms. The zero-order chi connectivity index (χ0) is 11.5. The van der Waals surface area contributed by atoms with Crippen molar-refractivity contribution in [1.29, 1.82) is 0 Å². The number of benzene rings is 2. The van der Waals surface area contributed by atoms with E-state index in [4.69, 9.17) is 10.5 Å². The van der Waals surface area contributed by atoms with E-state index in [2.05, 4.69) is 18.2 Å². The van der Waals surface area contributed by atoms with Crippen LogP contribution in [0.1, 0.15) is 13.8 Å². The Hall–Kier alpha value is -1.54. The van der Waals surface area contributed by atoms with E-state index >= 15 is 0 Å². The predicted octanol–water partition coefficient (Wildman–Crippen LogP) is 2.95. The number of fused-ring (bicyclic) bond motifs is 1. The standard InChI is InChI=1S/C14H17NO/c1-10(15)11(2)16-14-9-5-7-12-6-3-4-8-13(12)14/h3-11H,15H2,1-2H3. The zero-order valence-corrected chi connectivity index (χ0v) is 9.68. The minimum atomic E-state index is 0.0193. The summed E-state index contributed by atoms with van der Waals surface area (Å²) in [5.41, 5.74) is 5.80. The number of nitrogens with two attached hydrogens (primary N) is 1. The molecule has 0 amide bonds. The molecule has 0 fully saturated rings. The summed E-state index contributed by atoms with van der Waals surface area (Å²) in [7, 11) is 0. The third-order valence-electron chi connectivity index (χ3n) is 2.80. The molecule has 2 heteroatoms. The molecule has 2 nitrogen and oxygen atoms in total. The monoisotopic (exact) mass is 215 g/mol. The van der Waals surface area contributed by atoms with Crippen LogP contribution in [0.3, 0.4) is 0 Å². The fourth-order valence-corrected chi connectivity index (χ4v) is 1.61. The third-order valence-corrected chi connectivity index (χ3v) is 2.80. The van der Waals surface area contributed by atoms with E-state index in [0.717, 1.165) is 11.1 Å². The molecule has 0 bridgehead atoms. The molecule has 2 rings (SSSR count). The van der Waals surface area contributed by atoms with Gasteiger partial charge in [0, 0.05) is 11.4 Å². The highest BCUT2D eigenvalue weighted by Crippen LogP contribution is 2.26. The van der Waals surface area contributed by atoms with E-state index in [1.807, 2.05) is 38.1 Å². The lowest BCUT2D eigenvalue weighted by Crippen LogP contribution is -2.33. The van der Waals surface area contributed by atoms with Crippen LogP contribution in [-0.4, -0.2) is 12.1 Å². The van der Waals surface area contributed by atoms with E-state index in [9.17, 15) is 0 Å². The molecule has 0 aliphatic rings. The Kier molecular flexibility index (Phi) is 3.11. The van der Waals surface area contributed by atoms with Gasteiger partial charge in [0.15, 0.2) is 0 Å². The SMILES string of the molecule is CC(N)C(C)Oc1cccc2ccccc12. The smallest absolute Gasteiger partial charge is 0.127 e. The van der Waals surface area contributed by atoms with Crippen LogP contribution in [-0.2, 0) is 0 Å². The molecule has 84 valence electrons. The molecule has 0 radical (unpaired) electrons. The van der Waals surface area contributed by atoms with Gasteiger partial charge in [0.1, 0.15) is 11.9 Å². The molecule has 0 saturated carbocycles. The van der Waals surface area contributed by atoms with E-state index < -0.39 is 0 Å². The Balaban J connectivity index is 2.37. The second kappa shape index (κ2) is 4.54. The van der Waals surface area contributed by atoms with Crippen LogP contribution < -0.4 is 10.5 Å². The van der Waals surface area contributed by atoms with Crippen LogP contribution in [0.4, 0.5) is 0 Å². The van der Waals surface area contributed by atoms with Gasteiger partial charge in [0.05, 0.1) is 0 Å². The maximum absolute atomic E-state index is 5.86. The molecule has 2 unspecified atom stereocenters. The number of ether oxygens (including phenoxy) is 1. The summed E-state index contributed by atoms with van der Waals surface area (Å²) in [6.07, 6.45) is 0.0193. The van der Waals surface area contributed by atoms with Crippen molar-refractivity contribution in [3.63, 3.8) is 0 Å². The van der Waals surface area contributed by atoms with Crippen molar-refractivity contribution in [3.05, 3.63) is 42.5 Å². The Bertz CT molecular complexity index is 474. The van der Waals surface area contributed by atoms with Crippen molar-refractivity contribution < 1.29 is 4.74 Å². The van der Waals surface area contributed by atoms with E-state index in [1.54, 1.807) is 0 Å². The highest BCUT2D eigenvalue weighted by Gasteiger charge is 2.10. The second-order valence-electron chi connectivity index (χ2n) is 4.16. The summed E-state index contributed by atoms with van der Waals surface area (Å²) in [6.45, 7) is 3.95. The minimum Gasteiger partial charge on any atom is -0.488 e. The second-order valence-corrected chi connectivity index (χ2v) is 4.16. The van der Waals surface area contributed by atoms with Gasteiger partial charge in [-0.1, -0.05) is 36.4 Å². The quantitative estimate of drug-likeness (QED) is 0.854. The first kappa shape index (κ1) is 11.0. The highest BCUT2D eigenvalue weighted by atomic mass is 16.5. The number of hydrogen-bond donors (Lipinski definition) is 1. The predicted molar refractivity (Wildman–Crippen MR) is 67.7 cm³/mol. The van der Waals surface area contributed by atoms with Crippen molar-refractivity contribution in [2.45, 2.75) is 26.0 Å². The summed E-state index contributed by atoms with van der Waals surface area (Å²) in [4.78, 5) is 0. The van der Waals surface area contributed by atoms with E-state index in [0.29, 0.717) is 0 Å². The fraction of sp³-hybridized carbons (Fsp3) is 0.286. The van der Waals surface area contributed by atoms with Gasteiger partial charge in [0.2, 0.25) is 0 Å². The van der Waals surface area contributed by atoms with Crippen molar-refractivity contribution in [2.75, 3.05) is 0 Å². The van der Waals surface area contributed by atoms with Crippen LogP contribution in [0, 0.1) is 0 Å². The average molecular weight is 215 g/mol. The van der Waals surface area contributed by atoms with Gasteiger partial charge < -0.3 is 10.5 Å².